The predicted octanol–water partition coefficient (Wildman–Crippen LogP) is 2.44. The van der Waals surface area contributed by atoms with Gasteiger partial charge in [-0.25, -0.2) is 4.98 Å². The lowest BCUT2D eigenvalue weighted by atomic mass is 10.1. The average molecular weight is 303 g/mol. The summed E-state index contributed by atoms with van der Waals surface area (Å²) in [5.41, 5.74) is 1.04. The van der Waals surface area contributed by atoms with Crippen LogP contribution in [0.5, 0.6) is 0 Å². The first-order chi connectivity index (χ1) is 10.1. The number of piperazine rings is 1. The van der Waals surface area contributed by atoms with Crippen molar-refractivity contribution in [3.8, 4) is 0 Å². The smallest absolute Gasteiger partial charge is 0.223 e. The quantitative estimate of drug-likeness (QED) is 0.947. The molecule has 4 nitrogen and oxygen atoms in total. The van der Waals surface area contributed by atoms with Crippen LogP contribution in [0.25, 0.3) is 10.2 Å². The van der Waals surface area contributed by atoms with E-state index in [-0.39, 0.29) is 5.91 Å². The molecule has 0 bridgehead atoms. The van der Waals surface area contributed by atoms with Crippen molar-refractivity contribution < 1.29 is 4.79 Å². The average Bonchev–Trinajstić information content (AvgIpc) is 2.86. The molecule has 0 saturated carbocycles. The molecular formula is C16H21N3OS. The lowest BCUT2D eigenvalue weighted by Crippen LogP contribution is -2.55. The van der Waals surface area contributed by atoms with Gasteiger partial charge in [0, 0.05) is 38.0 Å². The van der Waals surface area contributed by atoms with E-state index in [2.05, 4.69) is 30.2 Å². The Hall–Kier alpha value is -1.46. The molecule has 112 valence electrons. The summed E-state index contributed by atoms with van der Waals surface area (Å²) >= 11 is 1.69. The number of para-hydroxylation sites is 1. The van der Waals surface area contributed by atoms with Crippen LogP contribution >= 0.6 is 11.3 Å². The van der Waals surface area contributed by atoms with Crippen LogP contribution in [0.3, 0.4) is 0 Å². The summed E-state index contributed by atoms with van der Waals surface area (Å²) in [4.78, 5) is 18.9. The Morgan fingerprint density at radius 3 is 2.76 bits per heavy atom. The maximum absolute atomic E-state index is 12.4. The Morgan fingerprint density at radius 2 is 2.05 bits per heavy atom. The molecule has 0 unspecified atom stereocenters. The number of rotatable bonds is 3. The molecule has 1 aromatic heterocycles. The molecule has 3 rings (SSSR count). The Kier molecular flexibility index (Phi) is 4.22. The molecule has 1 saturated heterocycles. The highest BCUT2D eigenvalue weighted by Crippen LogP contribution is 2.22. The molecule has 1 aromatic carbocycles. The number of thiazole rings is 1. The minimum Gasteiger partial charge on any atom is -0.340 e. The SMILES string of the molecule is C[C@@H]1CN(C(=O)CCc2nc3ccccc3s2)C[C@@H](C)N1. The van der Waals surface area contributed by atoms with Gasteiger partial charge in [-0.2, -0.15) is 0 Å². The van der Waals surface area contributed by atoms with Gasteiger partial charge in [-0.15, -0.1) is 11.3 Å². The van der Waals surface area contributed by atoms with E-state index in [1.807, 2.05) is 23.1 Å². The topological polar surface area (TPSA) is 45.2 Å². The van der Waals surface area contributed by atoms with Crippen molar-refractivity contribution in [2.45, 2.75) is 38.8 Å². The predicted molar refractivity (Wildman–Crippen MR) is 86.6 cm³/mol. The molecule has 1 aliphatic heterocycles. The number of aryl methyl sites for hydroxylation is 1. The first-order valence-corrected chi connectivity index (χ1v) is 8.32. The maximum Gasteiger partial charge on any atom is 0.223 e. The van der Waals surface area contributed by atoms with Gasteiger partial charge in [0.25, 0.3) is 0 Å². The second kappa shape index (κ2) is 6.12. The molecule has 1 amide bonds. The summed E-state index contributed by atoms with van der Waals surface area (Å²) < 4.78 is 1.20. The van der Waals surface area contributed by atoms with Crippen molar-refractivity contribution in [3.63, 3.8) is 0 Å². The summed E-state index contributed by atoms with van der Waals surface area (Å²) in [6.07, 6.45) is 1.30. The zero-order valence-corrected chi connectivity index (χ0v) is 13.3. The zero-order chi connectivity index (χ0) is 14.8. The van der Waals surface area contributed by atoms with Crippen molar-refractivity contribution in [1.82, 2.24) is 15.2 Å². The zero-order valence-electron chi connectivity index (χ0n) is 12.5. The lowest BCUT2D eigenvalue weighted by molar-refractivity contribution is -0.132. The number of fused-ring (bicyclic) bond motifs is 1. The highest BCUT2D eigenvalue weighted by molar-refractivity contribution is 7.18. The van der Waals surface area contributed by atoms with Crippen molar-refractivity contribution >= 4 is 27.5 Å². The number of nitrogens with one attached hydrogen (secondary N) is 1. The number of carbonyl (C=O) groups is 1. The maximum atomic E-state index is 12.4. The number of amides is 1. The Morgan fingerprint density at radius 1 is 1.33 bits per heavy atom. The molecule has 0 aliphatic carbocycles. The highest BCUT2D eigenvalue weighted by atomic mass is 32.1. The number of nitrogens with zero attached hydrogens (tertiary/aromatic N) is 2. The number of carbonyl (C=O) groups excluding carboxylic acids is 1. The van der Waals surface area contributed by atoms with Crippen LogP contribution in [-0.2, 0) is 11.2 Å². The molecule has 0 radical (unpaired) electrons. The van der Waals surface area contributed by atoms with E-state index >= 15 is 0 Å². The van der Waals surface area contributed by atoms with Crippen molar-refractivity contribution in [2.24, 2.45) is 0 Å². The molecule has 1 aliphatic rings. The monoisotopic (exact) mass is 303 g/mol. The van der Waals surface area contributed by atoms with Gasteiger partial charge in [0.2, 0.25) is 5.91 Å². The van der Waals surface area contributed by atoms with Crippen molar-refractivity contribution in [2.75, 3.05) is 13.1 Å². The molecule has 2 heterocycles. The van der Waals surface area contributed by atoms with Crippen LogP contribution in [0, 0.1) is 0 Å². The summed E-state index contributed by atoms with van der Waals surface area (Å²) in [5.74, 6) is 0.245. The van der Waals surface area contributed by atoms with Crippen LogP contribution in [-0.4, -0.2) is 41.0 Å². The molecular weight excluding hydrogens is 282 g/mol. The lowest BCUT2D eigenvalue weighted by Gasteiger charge is -2.36. The van der Waals surface area contributed by atoms with Crippen molar-refractivity contribution in [3.05, 3.63) is 29.3 Å². The van der Waals surface area contributed by atoms with Gasteiger partial charge < -0.3 is 10.2 Å². The summed E-state index contributed by atoms with van der Waals surface area (Å²) in [5, 5.41) is 4.51. The number of hydrogen-bond donors (Lipinski definition) is 1. The first kappa shape index (κ1) is 14.5. The first-order valence-electron chi connectivity index (χ1n) is 7.50. The standard InChI is InChI=1S/C16H21N3OS/c1-11-9-19(10-12(2)17-11)16(20)8-7-15-18-13-5-3-4-6-14(13)21-15/h3-6,11-12,17H,7-10H2,1-2H3/t11-,12-/m1/s1. The third-order valence-corrected chi connectivity index (χ3v) is 4.90. The summed E-state index contributed by atoms with van der Waals surface area (Å²) in [6.45, 7) is 5.87. The van der Waals surface area contributed by atoms with Crippen LogP contribution in [0.1, 0.15) is 25.3 Å². The van der Waals surface area contributed by atoms with E-state index in [0.717, 1.165) is 30.0 Å². The van der Waals surface area contributed by atoms with Gasteiger partial charge in [-0.05, 0) is 26.0 Å². The third kappa shape index (κ3) is 3.41. The number of benzene rings is 1. The Balaban J connectivity index is 1.60. The van der Waals surface area contributed by atoms with Gasteiger partial charge in [0.1, 0.15) is 0 Å². The van der Waals surface area contributed by atoms with Gasteiger partial charge >= 0.3 is 0 Å². The van der Waals surface area contributed by atoms with Crippen LogP contribution in [0.4, 0.5) is 0 Å². The fourth-order valence-corrected chi connectivity index (χ4v) is 3.90. The molecule has 2 atom stereocenters. The van der Waals surface area contributed by atoms with Crippen LogP contribution < -0.4 is 5.32 Å². The molecule has 1 N–H and O–H groups in total. The fourth-order valence-electron chi connectivity index (χ4n) is 2.93. The molecule has 2 aromatic rings. The number of aromatic nitrogens is 1. The minimum absolute atomic E-state index is 0.245. The summed E-state index contributed by atoms with van der Waals surface area (Å²) in [7, 11) is 0. The number of hydrogen-bond acceptors (Lipinski definition) is 4. The van der Waals surface area contributed by atoms with Crippen LogP contribution in [0.2, 0.25) is 0 Å². The van der Waals surface area contributed by atoms with Crippen molar-refractivity contribution in [1.29, 1.82) is 0 Å². The normalized spacial score (nSPS) is 22.7. The van der Waals surface area contributed by atoms with Gasteiger partial charge in [-0.3, -0.25) is 4.79 Å². The van der Waals surface area contributed by atoms with E-state index in [1.54, 1.807) is 11.3 Å². The Bertz CT molecular complexity index is 596. The summed E-state index contributed by atoms with van der Waals surface area (Å²) in [6, 6.07) is 8.88. The third-order valence-electron chi connectivity index (χ3n) is 3.80. The van der Waals surface area contributed by atoms with E-state index in [1.165, 1.54) is 4.70 Å². The molecule has 5 heteroatoms. The van der Waals surface area contributed by atoms with E-state index in [9.17, 15) is 4.79 Å². The van der Waals surface area contributed by atoms with Gasteiger partial charge in [0.05, 0.1) is 15.2 Å². The van der Waals surface area contributed by atoms with Gasteiger partial charge in [0.15, 0.2) is 0 Å². The van der Waals surface area contributed by atoms with Gasteiger partial charge in [-0.1, -0.05) is 12.1 Å². The second-order valence-electron chi connectivity index (χ2n) is 5.84. The van der Waals surface area contributed by atoms with E-state index < -0.39 is 0 Å². The molecule has 21 heavy (non-hydrogen) atoms. The Labute approximate surface area is 129 Å². The van der Waals surface area contributed by atoms with E-state index in [4.69, 9.17) is 0 Å². The van der Waals surface area contributed by atoms with Crippen LogP contribution in [0.15, 0.2) is 24.3 Å². The molecule has 0 spiro atoms. The second-order valence-corrected chi connectivity index (χ2v) is 6.96. The fraction of sp³-hybridized carbons (Fsp3) is 0.500. The highest BCUT2D eigenvalue weighted by Gasteiger charge is 2.24. The largest absolute Gasteiger partial charge is 0.340 e. The minimum atomic E-state index is 0.245. The van der Waals surface area contributed by atoms with E-state index in [0.29, 0.717) is 18.5 Å². The molecule has 1 fully saturated rings.